The van der Waals surface area contributed by atoms with Crippen molar-refractivity contribution < 1.29 is 14.0 Å². The van der Waals surface area contributed by atoms with E-state index in [-0.39, 0.29) is 23.9 Å². The zero-order chi connectivity index (χ0) is 12.6. The third-order valence-corrected chi connectivity index (χ3v) is 2.88. The van der Waals surface area contributed by atoms with E-state index in [0.29, 0.717) is 11.3 Å². The molecule has 2 rings (SSSR count). The van der Waals surface area contributed by atoms with E-state index in [0.717, 1.165) is 6.07 Å². The summed E-state index contributed by atoms with van der Waals surface area (Å²) in [5, 5.41) is 2.34. The predicted molar refractivity (Wildman–Crippen MR) is 61.6 cm³/mol. The number of hydrogen-bond donors (Lipinski definition) is 1. The normalized spacial score (nSPS) is 16.1. The summed E-state index contributed by atoms with van der Waals surface area (Å²) in [7, 11) is 0. The van der Waals surface area contributed by atoms with Crippen LogP contribution in [0, 0.1) is 12.7 Å². The lowest BCUT2D eigenvalue weighted by molar-refractivity contribution is -0.120. The van der Waals surface area contributed by atoms with Gasteiger partial charge in [-0.25, -0.2) is 9.18 Å². The molecule has 0 aliphatic carbocycles. The number of hydrogen-bond acceptors (Lipinski definition) is 2. The van der Waals surface area contributed by atoms with Gasteiger partial charge in [0.15, 0.2) is 0 Å². The molecular weight excluding hydrogens is 247 g/mol. The van der Waals surface area contributed by atoms with Crippen LogP contribution in [0.25, 0.3) is 0 Å². The standard InChI is InChI=1S/C11H10ClFN2O2/c1-6-4-9(7(12)5-8(6)13)15-3-2-10(16)14-11(15)17/h4-5H,2-3H2,1H3,(H,14,16,17). The SMILES string of the molecule is Cc1cc(N2CCC(=O)NC2=O)c(Cl)cc1F. The molecule has 0 saturated carbocycles. The summed E-state index contributed by atoms with van der Waals surface area (Å²) in [6, 6.07) is 2.12. The Hall–Kier alpha value is -1.62. The fraction of sp³-hybridized carbons (Fsp3) is 0.273. The number of anilines is 1. The van der Waals surface area contributed by atoms with Crippen LogP contribution in [0.1, 0.15) is 12.0 Å². The molecule has 4 nitrogen and oxygen atoms in total. The lowest BCUT2D eigenvalue weighted by Crippen LogP contribution is -2.49. The smallest absolute Gasteiger partial charge is 0.292 e. The predicted octanol–water partition coefficient (Wildman–Crippen LogP) is 2.23. The number of rotatable bonds is 1. The van der Waals surface area contributed by atoms with Crippen LogP contribution in [-0.4, -0.2) is 18.5 Å². The zero-order valence-corrected chi connectivity index (χ0v) is 9.84. The quantitative estimate of drug-likeness (QED) is 0.838. The van der Waals surface area contributed by atoms with Gasteiger partial charge >= 0.3 is 6.03 Å². The van der Waals surface area contributed by atoms with Crippen molar-refractivity contribution >= 4 is 29.2 Å². The van der Waals surface area contributed by atoms with Crippen LogP contribution in [0.2, 0.25) is 5.02 Å². The van der Waals surface area contributed by atoms with Crippen molar-refractivity contribution in [3.05, 3.63) is 28.5 Å². The lowest BCUT2D eigenvalue weighted by Gasteiger charge is -2.27. The highest BCUT2D eigenvalue weighted by Gasteiger charge is 2.26. The molecule has 1 aromatic carbocycles. The average molecular weight is 257 g/mol. The second kappa shape index (κ2) is 4.33. The first kappa shape index (κ1) is 11.9. The highest BCUT2D eigenvalue weighted by atomic mass is 35.5. The zero-order valence-electron chi connectivity index (χ0n) is 9.09. The van der Waals surface area contributed by atoms with Gasteiger partial charge in [0.1, 0.15) is 5.82 Å². The minimum Gasteiger partial charge on any atom is -0.292 e. The Morgan fingerprint density at radius 3 is 2.76 bits per heavy atom. The number of amides is 3. The van der Waals surface area contributed by atoms with Gasteiger partial charge in [-0.05, 0) is 24.6 Å². The van der Waals surface area contributed by atoms with Gasteiger partial charge < -0.3 is 0 Å². The number of nitrogens with zero attached hydrogens (tertiary/aromatic N) is 1. The third-order valence-electron chi connectivity index (χ3n) is 2.57. The van der Waals surface area contributed by atoms with Crippen LogP contribution in [0.3, 0.4) is 0 Å². The second-order valence-corrected chi connectivity index (χ2v) is 4.21. The van der Waals surface area contributed by atoms with E-state index in [1.807, 2.05) is 0 Å². The maximum atomic E-state index is 13.2. The van der Waals surface area contributed by atoms with Gasteiger partial charge in [-0.3, -0.25) is 15.0 Å². The Bertz CT molecular complexity index is 504. The first-order valence-electron chi connectivity index (χ1n) is 5.06. The number of carbonyl (C=O) groups excluding carboxylic acids is 2. The maximum absolute atomic E-state index is 13.2. The first-order chi connectivity index (χ1) is 7.99. The molecule has 1 fully saturated rings. The van der Waals surface area contributed by atoms with Gasteiger partial charge in [0.05, 0.1) is 10.7 Å². The number of nitrogens with one attached hydrogen (secondary N) is 1. The molecule has 6 heteroatoms. The molecule has 1 aromatic rings. The summed E-state index contributed by atoms with van der Waals surface area (Å²) in [6.07, 6.45) is 0.207. The van der Waals surface area contributed by atoms with E-state index >= 15 is 0 Å². The van der Waals surface area contributed by atoms with Crippen molar-refractivity contribution in [2.75, 3.05) is 11.4 Å². The van der Waals surface area contributed by atoms with Gasteiger partial charge in [0.25, 0.3) is 0 Å². The van der Waals surface area contributed by atoms with Gasteiger partial charge in [-0.1, -0.05) is 11.6 Å². The topological polar surface area (TPSA) is 49.4 Å². The summed E-state index contributed by atoms with van der Waals surface area (Å²) in [4.78, 5) is 23.9. The Morgan fingerprint density at radius 1 is 1.41 bits per heavy atom. The molecule has 17 heavy (non-hydrogen) atoms. The molecule has 1 aliphatic heterocycles. The molecule has 0 spiro atoms. The van der Waals surface area contributed by atoms with Crippen LogP contribution in [0.15, 0.2) is 12.1 Å². The molecule has 0 bridgehead atoms. The number of aryl methyl sites for hydroxylation is 1. The van der Waals surface area contributed by atoms with Crippen LogP contribution >= 0.6 is 11.6 Å². The molecule has 1 saturated heterocycles. The fourth-order valence-electron chi connectivity index (χ4n) is 1.64. The summed E-state index contributed by atoms with van der Waals surface area (Å²) < 4.78 is 13.2. The Morgan fingerprint density at radius 2 is 2.12 bits per heavy atom. The van der Waals surface area contributed by atoms with Gasteiger partial charge in [-0.2, -0.15) is 0 Å². The minimum absolute atomic E-state index is 0.151. The molecule has 90 valence electrons. The van der Waals surface area contributed by atoms with Gasteiger partial charge in [0.2, 0.25) is 5.91 Å². The van der Waals surface area contributed by atoms with Crippen molar-refractivity contribution in [1.82, 2.24) is 5.32 Å². The number of halogens is 2. The first-order valence-corrected chi connectivity index (χ1v) is 5.44. The highest BCUT2D eigenvalue weighted by Crippen LogP contribution is 2.29. The van der Waals surface area contributed by atoms with Crippen molar-refractivity contribution in [3.8, 4) is 0 Å². The number of carbonyl (C=O) groups is 2. The number of urea groups is 1. The molecule has 1 heterocycles. The van der Waals surface area contributed by atoms with E-state index in [1.54, 1.807) is 6.92 Å². The third kappa shape index (κ3) is 2.24. The Kier molecular flexibility index (Phi) is 3.02. The van der Waals surface area contributed by atoms with Gasteiger partial charge in [-0.15, -0.1) is 0 Å². The van der Waals surface area contributed by atoms with Crippen molar-refractivity contribution in [3.63, 3.8) is 0 Å². The molecule has 0 aromatic heterocycles. The van der Waals surface area contributed by atoms with Gasteiger partial charge in [0, 0.05) is 13.0 Å². The summed E-state index contributed by atoms with van der Waals surface area (Å²) in [5.74, 6) is -0.742. The van der Waals surface area contributed by atoms with Crippen molar-refractivity contribution in [1.29, 1.82) is 0 Å². The highest BCUT2D eigenvalue weighted by molar-refractivity contribution is 6.34. The van der Waals surface area contributed by atoms with E-state index < -0.39 is 11.8 Å². The van der Waals surface area contributed by atoms with Crippen LogP contribution in [0.5, 0.6) is 0 Å². The van der Waals surface area contributed by atoms with E-state index in [4.69, 9.17) is 11.6 Å². The fourth-order valence-corrected chi connectivity index (χ4v) is 1.90. The van der Waals surface area contributed by atoms with Crippen LogP contribution in [-0.2, 0) is 4.79 Å². The maximum Gasteiger partial charge on any atom is 0.328 e. The number of benzene rings is 1. The summed E-state index contributed by atoms with van der Waals surface area (Å²) >= 11 is 5.89. The monoisotopic (exact) mass is 256 g/mol. The molecule has 0 unspecified atom stereocenters. The minimum atomic E-state index is -0.533. The largest absolute Gasteiger partial charge is 0.328 e. The molecule has 1 N–H and O–H groups in total. The van der Waals surface area contributed by atoms with E-state index in [2.05, 4.69) is 5.32 Å². The molecule has 0 radical (unpaired) electrons. The van der Waals surface area contributed by atoms with Crippen LogP contribution in [0.4, 0.5) is 14.9 Å². The van der Waals surface area contributed by atoms with E-state index in [9.17, 15) is 14.0 Å². The van der Waals surface area contributed by atoms with Crippen molar-refractivity contribution in [2.24, 2.45) is 0 Å². The van der Waals surface area contributed by atoms with Crippen LogP contribution < -0.4 is 10.2 Å². The summed E-state index contributed by atoms with van der Waals surface area (Å²) in [5.41, 5.74) is 0.810. The second-order valence-electron chi connectivity index (χ2n) is 3.81. The Balaban J connectivity index is 2.37. The Labute approximate surface area is 102 Å². The van der Waals surface area contributed by atoms with Crippen molar-refractivity contribution in [2.45, 2.75) is 13.3 Å². The van der Waals surface area contributed by atoms with E-state index in [1.165, 1.54) is 11.0 Å². The molecule has 3 amide bonds. The lowest BCUT2D eigenvalue weighted by atomic mass is 10.2. The molecule has 1 aliphatic rings. The molecule has 0 atom stereocenters. The number of imide groups is 1. The molecular formula is C11H10ClFN2O2. The summed E-state index contributed by atoms with van der Waals surface area (Å²) in [6.45, 7) is 1.83. The average Bonchev–Trinajstić information content (AvgIpc) is 2.24.